The van der Waals surface area contributed by atoms with Gasteiger partial charge in [0.1, 0.15) is 0 Å². The molecule has 1 atom stereocenters. The lowest BCUT2D eigenvalue weighted by Gasteiger charge is -2.34. The first-order valence-corrected chi connectivity index (χ1v) is 7.20. The number of piperidine rings is 1. The maximum Gasteiger partial charge on any atom is 0.317 e. The number of urea groups is 1. The van der Waals surface area contributed by atoms with E-state index in [1.54, 1.807) is 25.7 Å². The van der Waals surface area contributed by atoms with Crippen LogP contribution in [-0.2, 0) is 14.3 Å². The van der Waals surface area contributed by atoms with Gasteiger partial charge >= 0.3 is 18.0 Å². The Hall–Kier alpha value is -1.79. The Kier molecular flexibility index (Phi) is 5.99. The van der Waals surface area contributed by atoms with Gasteiger partial charge in [0.05, 0.1) is 18.9 Å². The molecular formula is C14H24N2O5. The summed E-state index contributed by atoms with van der Waals surface area (Å²) < 4.78 is 4.99. The van der Waals surface area contributed by atoms with Crippen LogP contribution in [0.4, 0.5) is 4.79 Å². The Labute approximate surface area is 124 Å². The fourth-order valence-electron chi connectivity index (χ4n) is 2.40. The average Bonchev–Trinajstić information content (AvgIpc) is 2.37. The first-order chi connectivity index (χ1) is 9.75. The molecular weight excluding hydrogens is 276 g/mol. The van der Waals surface area contributed by atoms with Crippen LogP contribution in [0.25, 0.3) is 0 Å². The van der Waals surface area contributed by atoms with E-state index in [1.165, 1.54) is 0 Å². The molecule has 0 aliphatic carbocycles. The van der Waals surface area contributed by atoms with E-state index < -0.39 is 11.5 Å². The minimum absolute atomic E-state index is 0.159. The van der Waals surface area contributed by atoms with E-state index in [0.29, 0.717) is 26.1 Å². The zero-order valence-electron chi connectivity index (χ0n) is 12.8. The molecule has 0 aromatic rings. The number of hydrogen-bond donors (Lipinski definition) is 2. The predicted octanol–water partition coefficient (Wildman–Crippen LogP) is 1.22. The van der Waals surface area contributed by atoms with Crippen molar-refractivity contribution in [1.82, 2.24) is 10.2 Å². The maximum absolute atomic E-state index is 12.2. The van der Waals surface area contributed by atoms with Gasteiger partial charge in [-0.25, -0.2) is 4.79 Å². The van der Waals surface area contributed by atoms with Gasteiger partial charge in [-0.15, -0.1) is 0 Å². The van der Waals surface area contributed by atoms with Crippen molar-refractivity contribution in [1.29, 1.82) is 0 Å². The Morgan fingerprint density at radius 3 is 2.62 bits per heavy atom. The lowest BCUT2D eigenvalue weighted by atomic mass is 9.98. The van der Waals surface area contributed by atoms with Gasteiger partial charge in [-0.3, -0.25) is 9.59 Å². The lowest BCUT2D eigenvalue weighted by molar-refractivity contribution is -0.149. The van der Waals surface area contributed by atoms with Gasteiger partial charge in [0, 0.05) is 18.6 Å². The molecule has 0 aromatic carbocycles. The van der Waals surface area contributed by atoms with Crippen molar-refractivity contribution >= 4 is 18.0 Å². The van der Waals surface area contributed by atoms with Crippen LogP contribution in [0, 0.1) is 5.92 Å². The lowest BCUT2D eigenvalue weighted by Crippen LogP contribution is -2.53. The molecule has 1 rings (SSSR count). The van der Waals surface area contributed by atoms with E-state index in [2.05, 4.69) is 5.32 Å². The Morgan fingerprint density at radius 2 is 2.05 bits per heavy atom. The molecule has 0 saturated carbocycles. The van der Waals surface area contributed by atoms with E-state index >= 15 is 0 Å². The first kappa shape index (κ1) is 17.3. The first-order valence-electron chi connectivity index (χ1n) is 7.20. The summed E-state index contributed by atoms with van der Waals surface area (Å²) in [5.41, 5.74) is -0.834. The van der Waals surface area contributed by atoms with Crippen LogP contribution < -0.4 is 5.32 Å². The fraction of sp³-hybridized carbons (Fsp3) is 0.786. The molecule has 0 radical (unpaired) electrons. The number of carbonyl (C=O) groups excluding carboxylic acids is 2. The standard InChI is InChI=1S/C14H24N2O5/c1-4-21-12(19)10-6-5-7-16(9-10)13(20)15-14(2,3)8-11(17)18/h10H,4-9H2,1-3H3,(H,15,20)(H,17,18). The molecule has 0 bridgehead atoms. The van der Waals surface area contributed by atoms with E-state index in [1.807, 2.05) is 0 Å². The van der Waals surface area contributed by atoms with Gasteiger partial charge in [-0.1, -0.05) is 0 Å². The minimum atomic E-state index is -0.969. The number of amides is 2. The van der Waals surface area contributed by atoms with Crippen LogP contribution >= 0.6 is 0 Å². The zero-order chi connectivity index (χ0) is 16.0. The summed E-state index contributed by atoms with van der Waals surface area (Å²) in [6, 6.07) is -0.338. The summed E-state index contributed by atoms with van der Waals surface area (Å²) in [6.45, 7) is 6.27. The number of carboxylic acid groups (broad SMARTS) is 1. The monoisotopic (exact) mass is 300 g/mol. The smallest absolute Gasteiger partial charge is 0.317 e. The van der Waals surface area contributed by atoms with Crippen LogP contribution in [0.1, 0.15) is 40.0 Å². The van der Waals surface area contributed by atoms with Crippen molar-refractivity contribution in [3.63, 3.8) is 0 Å². The van der Waals surface area contributed by atoms with Crippen LogP contribution in [-0.4, -0.2) is 53.2 Å². The van der Waals surface area contributed by atoms with Crippen LogP contribution in [0.2, 0.25) is 0 Å². The van der Waals surface area contributed by atoms with Crippen LogP contribution in [0.15, 0.2) is 0 Å². The number of esters is 1. The van der Waals surface area contributed by atoms with Crippen molar-refractivity contribution < 1.29 is 24.2 Å². The molecule has 1 aliphatic rings. The number of nitrogens with one attached hydrogen (secondary N) is 1. The number of hydrogen-bond acceptors (Lipinski definition) is 4. The second kappa shape index (κ2) is 7.28. The SMILES string of the molecule is CCOC(=O)C1CCCN(C(=O)NC(C)(C)CC(=O)O)C1. The van der Waals surface area contributed by atoms with Gasteiger partial charge in [0.2, 0.25) is 0 Å². The van der Waals surface area contributed by atoms with E-state index in [0.717, 1.165) is 6.42 Å². The second-order valence-electron chi connectivity index (χ2n) is 5.92. The van der Waals surface area contributed by atoms with Crippen molar-refractivity contribution in [3.8, 4) is 0 Å². The molecule has 7 heteroatoms. The molecule has 1 aliphatic heterocycles. The number of carboxylic acids is 1. The van der Waals surface area contributed by atoms with E-state index in [4.69, 9.17) is 9.84 Å². The Balaban J connectivity index is 2.57. The molecule has 1 saturated heterocycles. The third-order valence-corrected chi connectivity index (χ3v) is 3.37. The highest BCUT2D eigenvalue weighted by Crippen LogP contribution is 2.19. The summed E-state index contributed by atoms with van der Waals surface area (Å²) >= 11 is 0. The van der Waals surface area contributed by atoms with E-state index in [-0.39, 0.29) is 24.3 Å². The normalized spacial score (nSPS) is 19.0. The fourth-order valence-corrected chi connectivity index (χ4v) is 2.40. The van der Waals surface area contributed by atoms with Gasteiger partial charge in [0.25, 0.3) is 0 Å². The predicted molar refractivity (Wildman–Crippen MR) is 75.8 cm³/mol. The summed E-state index contributed by atoms with van der Waals surface area (Å²) in [6.07, 6.45) is 1.28. The van der Waals surface area contributed by atoms with Gasteiger partial charge in [-0.2, -0.15) is 0 Å². The third kappa shape index (κ3) is 5.61. The van der Waals surface area contributed by atoms with Crippen molar-refractivity contribution in [2.75, 3.05) is 19.7 Å². The van der Waals surface area contributed by atoms with Gasteiger partial charge in [-0.05, 0) is 33.6 Å². The molecule has 0 spiro atoms. The zero-order valence-corrected chi connectivity index (χ0v) is 12.8. The second-order valence-corrected chi connectivity index (χ2v) is 5.92. The molecule has 120 valence electrons. The van der Waals surface area contributed by atoms with Crippen molar-refractivity contribution in [2.45, 2.75) is 45.6 Å². The van der Waals surface area contributed by atoms with Gasteiger partial charge < -0.3 is 20.1 Å². The maximum atomic E-state index is 12.2. The number of aliphatic carboxylic acids is 1. The number of rotatable bonds is 5. The average molecular weight is 300 g/mol. The van der Waals surface area contributed by atoms with Crippen LogP contribution in [0.3, 0.4) is 0 Å². The topological polar surface area (TPSA) is 95.9 Å². The summed E-state index contributed by atoms with van der Waals surface area (Å²) in [4.78, 5) is 36.2. The molecule has 1 fully saturated rings. The number of likely N-dealkylation sites (tertiary alicyclic amines) is 1. The van der Waals surface area contributed by atoms with Crippen molar-refractivity contribution in [2.24, 2.45) is 5.92 Å². The molecule has 21 heavy (non-hydrogen) atoms. The summed E-state index contributed by atoms with van der Waals surface area (Å²) in [7, 11) is 0. The van der Waals surface area contributed by atoms with Gasteiger partial charge in [0.15, 0.2) is 0 Å². The molecule has 2 amide bonds. The summed E-state index contributed by atoms with van der Waals surface area (Å²) in [5.74, 6) is -1.55. The minimum Gasteiger partial charge on any atom is -0.481 e. The summed E-state index contributed by atoms with van der Waals surface area (Å²) in [5, 5.41) is 11.5. The highest BCUT2D eigenvalue weighted by atomic mass is 16.5. The highest BCUT2D eigenvalue weighted by molar-refractivity contribution is 5.78. The molecule has 0 aromatic heterocycles. The number of ether oxygens (including phenoxy) is 1. The molecule has 7 nitrogen and oxygen atoms in total. The quantitative estimate of drug-likeness (QED) is 0.744. The highest BCUT2D eigenvalue weighted by Gasteiger charge is 2.32. The number of carbonyl (C=O) groups is 3. The Morgan fingerprint density at radius 1 is 1.38 bits per heavy atom. The molecule has 2 N–H and O–H groups in total. The van der Waals surface area contributed by atoms with Crippen molar-refractivity contribution in [3.05, 3.63) is 0 Å². The molecule has 1 unspecified atom stereocenters. The third-order valence-electron chi connectivity index (χ3n) is 3.37. The Bertz CT molecular complexity index is 408. The number of nitrogens with zero attached hydrogens (tertiary/aromatic N) is 1. The molecule has 1 heterocycles. The van der Waals surface area contributed by atoms with Crippen LogP contribution in [0.5, 0.6) is 0 Å². The largest absolute Gasteiger partial charge is 0.481 e. The van der Waals surface area contributed by atoms with E-state index in [9.17, 15) is 14.4 Å².